The van der Waals surface area contributed by atoms with Gasteiger partial charge in [-0.1, -0.05) is 5.21 Å². The summed E-state index contributed by atoms with van der Waals surface area (Å²) in [7, 11) is 1.64. The number of carbonyl (C=O) groups is 1. The molecule has 1 saturated carbocycles. The van der Waals surface area contributed by atoms with E-state index in [-0.39, 0.29) is 12.5 Å². The van der Waals surface area contributed by atoms with E-state index < -0.39 is 5.91 Å². The van der Waals surface area contributed by atoms with E-state index in [1.807, 2.05) is 11.6 Å². The molecule has 1 aromatic heterocycles. The lowest BCUT2D eigenvalue weighted by Crippen LogP contribution is -2.19. The molecular formula is C12H20N4O2. The third kappa shape index (κ3) is 2.53. The highest BCUT2D eigenvalue weighted by molar-refractivity contribution is 5.76. The van der Waals surface area contributed by atoms with E-state index in [1.165, 1.54) is 12.8 Å². The molecule has 6 heteroatoms. The zero-order valence-electron chi connectivity index (χ0n) is 11.1. The second-order valence-corrected chi connectivity index (χ2v) is 4.97. The lowest BCUT2D eigenvalue weighted by Gasteiger charge is -2.18. The molecule has 2 N–H and O–H groups in total. The van der Waals surface area contributed by atoms with Crippen molar-refractivity contribution in [2.75, 3.05) is 7.11 Å². The van der Waals surface area contributed by atoms with Gasteiger partial charge in [-0.3, -0.25) is 4.79 Å². The molecule has 0 radical (unpaired) electrons. The van der Waals surface area contributed by atoms with Crippen LogP contribution >= 0.6 is 0 Å². The highest BCUT2D eigenvalue weighted by Gasteiger charge is 2.33. The summed E-state index contributed by atoms with van der Waals surface area (Å²) in [5.74, 6) is 0.265. The van der Waals surface area contributed by atoms with Crippen molar-refractivity contribution in [3.05, 3.63) is 11.4 Å². The number of amides is 1. The molecule has 6 nitrogen and oxygen atoms in total. The van der Waals surface area contributed by atoms with Crippen molar-refractivity contribution in [3.8, 4) is 0 Å². The van der Waals surface area contributed by atoms with E-state index >= 15 is 0 Å². The molecule has 2 atom stereocenters. The highest BCUT2D eigenvalue weighted by atomic mass is 16.5. The van der Waals surface area contributed by atoms with Crippen molar-refractivity contribution in [1.82, 2.24) is 15.0 Å². The maximum Gasteiger partial charge on any atom is 0.223 e. The number of hydrogen-bond donors (Lipinski definition) is 1. The number of methoxy groups -OCH3 is 1. The zero-order valence-corrected chi connectivity index (χ0v) is 11.1. The van der Waals surface area contributed by atoms with Crippen LogP contribution in [0, 0.1) is 5.92 Å². The number of ether oxygens (including phenoxy) is 1. The van der Waals surface area contributed by atoms with Crippen LogP contribution in [0.1, 0.15) is 50.2 Å². The van der Waals surface area contributed by atoms with Crippen molar-refractivity contribution in [2.45, 2.75) is 45.3 Å². The molecule has 1 aliphatic carbocycles. The van der Waals surface area contributed by atoms with E-state index in [9.17, 15) is 4.79 Å². The Labute approximate surface area is 106 Å². The Morgan fingerprint density at radius 1 is 1.56 bits per heavy atom. The summed E-state index contributed by atoms with van der Waals surface area (Å²) in [6.45, 7) is 4.06. The van der Waals surface area contributed by atoms with Gasteiger partial charge in [-0.2, -0.15) is 0 Å². The maximum absolute atomic E-state index is 11.1. The second-order valence-electron chi connectivity index (χ2n) is 4.97. The van der Waals surface area contributed by atoms with Crippen LogP contribution in [0.3, 0.4) is 0 Å². The van der Waals surface area contributed by atoms with Gasteiger partial charge in [-0.15, -0.1) is 5.10 Å². The van der Waals surface area contributed by atoms with Gasteiger partial charge in [-0.05, 0) is 32.6 Å². The molecule has 2 rings (SSSR count). The zero-order chi connectivity index (χ0) is 13.3. The third-order valence-corrected chi connectivity index (χ3v) is 3.57. The van der Waals surface area contributed by atoms with E-state index in [0.29, 0.717) is 17.7 Å². The summed E-state index contributed by atoms with van der Waals surface area (Å²) < 4.78 is 7.25. The summed E-state index contributed by atoms with van der Waals surface area (Å²) in [5.41, 5.74) is 6.74. The van der Waals surface area contributed by atoms with Crippen LogP contribution in [0.15, 0.2) is 0 Å². The Kier molecular flexibility index (Phi) is 3.65. The average Bonchev–Trinajstić information content (AvgIpc) is 3.09. The number of carbonyl (C=O) groups excluding carboxylic acids is 1. The van der Waals surface area contributed by atoms with E-state index in [2.05, 4.69) is 17.2 Å². The summed E-state index contributed by atoms with van der Waals surface area (Å²) in [4.78, 5) is 11.1. The van der Waals surface area contributed by atoms with Gasteiger partial charge in [0.15, 0.2) is 0 Å². The van der Waals surface area contributed by atoms with Gasteiger partial charge in [0.2, 0.25) is 5.91 Å². The summed E-state index contributed by atoms with van der Waals surface area (Å²) >= 11 is 0. The molecular weight excluding hydrogens is 232 g/mol. The Morgan fingerprint density at radius 3 is 2.72 bits per heavy atom. The third-order valence-electron chi connectivity index (χ3n) is 3.57. The monoisotopic (exact) mass is 252 g/mol. The molecule has 0 spiro atoms. The van der Waals surface area contributed by atoms with Crippen LogP contribution < -0.4 is 5.73 Å². The SMILES string of the molecule is COC(C)c1c(CC(N)=O)nnn1C(C)C1CC1. The van der Waals surface area contributed by atoms with E-state index in [1.54, 1.807) is 7.11 Å². The van der Waals surface area contributed by atoms with Crippen LogP contribution in [-0.2, 0) is 16.0 Å². The van der Waals surface area contributed by atoms with Crippen molar-refractivity contribution in [1.29, 1.82) is 0 Å². The Bertz CT molecular complexity index is 439. The first kappa shape index (κ1) is 13.0. The number of hydrogen-bond acceptors (Lipinski definition) is 4. The number of nitrogens with two attached hydrogens (primary N) is 1. The number of rotatable bonds is 6. The summed E-state index contributed by atoms with van der Waals surface area (Å²) in [6.07, 6.45) is 2.43. The van der Waals surface area contributed by atoms with Gasteiger partial charge in [0.05, 0.1) is 30.0 Å². The van der Waals surface area contributed by atoms with Crippen molar-refractivity contribution < 1.29 is 9.53 Å². The van der Waals surface area contributed by atoms with Gasteiger partial charge >= 0.3 is 0 Å². The van der Waals surface area contributed by atoms with Gasteiger partial charge in [0.25, 0.3) is 0 Å². The minimum atomic E-state index is -0.398. The van der Waals surface area contributed by atoms with Crippen LogP contribution in [0.25, 0.3) is 0 Å². The Hall–Kier alpha value is -1.43. The topological polar surface area (TPSA) is 83.0 Å². The first-order valence-electron chi connectivity index (χ1n) is 6.29. The van der Waals surface area contributed by atoms with Crippen molar-refractivity contribution in [2.24, 2.45) is 11.7 Å². The first-order valence-corrected chi connectivity index (χ1v) is 6.29. The fourth-order valence-electron chi connectivity index (χ4n) is 2.24. The van der Waals surface area contributed by atoms with Crippen LogP contribution in [0.4, 0.5) is 0 Å². The lowest BCUT2D eigenvalue weighted by atomic mass is 10.1. The average molecular weight is 252 g/mol. The van der Waals surface area contributed by atoms with Gasteiger partial charge < -0.3 is 10.5 Å². The van der Waals surface area contributed by atoms with Crippen LogP contribution in [0.5, 0.6) is 0 Å². The maximum atomic E-state index is 11.1. The molecule has 1 amide bonds. The summed E-state index contributed by atoms with van der Waals surface area (Å²) in [5, 5.41) is 8.27. The van der Waals surface area contributed by atoms with Gasteiger partial charge in [-0.25, -0.2) is 4.68 Å². The molecule has 2 unspecified atom stereocenters. The highest BCUT2D eigenvalue weighted by Crippen LogP contribution is 2.40. The molecule has 0 saturated heterocycles. The van der Waals surface area contributed by atoms with Gasteiger partial charge in [0.1, 0.15) is 0 Å². The lowest BCUT2D eigenvalue weighted by molar-refractivity contribution is -0.117. The Morgan fingerprint density at radius 2 is 2.22 bits per heavy atom. The van der Waals surface area contributed by atoms with Crippen molar-refractivity contribution >= 4 is 5.91 Å². The first-order chi connectivity index (χ1) is 8.54. The molecule has 100 valence electrons. The molecule has 18 heavy (non-hydrogen) atoms. The predicted octanol–water partition coefficient (Wildman–Crippen LogP) is 0.984. The molecule has 1 aromatic rings. The standard InChI is InChI=1S/C12H20N4O2/c1-7(9-4-5-9)16-12(8(2)18-3)10(14-15-16)6-11(13)17/h7-9H,4-6H2,1-3H3,(H2,13,17). The van der Waals surface area contributed by atoms with Crippen LogP contribution in [-0.4, -0.2) is 28.0 Å². The fourth-order valence-corrected chi connectivity index (χ4v) is 2.24. The predicted molar refractivity (Wildman–Crippen MR) is 65.8 cm³/mol. The quantitative estimate of drug-likeness (QED) is 0.818. The Balaban J connectivity index is 2.33. The van der Waals surface area contributed by atoms with E-state index in [4.69, 9.17) is 10.5 Å². The summed E-state index contributed by atoms with van der Waals surface area (Å²) in [6, 6.07) is 0.298. The van der Waals surface area contributed by atoms with E-state index in [0.717, 1.165) is 5.69 Å². The molecule has 1 heterocycles. The molecule has 1 aliphatic rings. The normalized spacial score (nSPS) is 18.6. The van der Waals surface area contributed by atoms with Crippen LogP contribution in [0.2, 0.25) is 0 Å². The van der Waals surface area contributed by atoms with Gasteiger partial charge in [0, 0.05) is 7.11 Å². The minimum Gasteiger partial charge on any atom is -0.375 e. The molecule has 1 fully saturated rings. The molecule has 0 aliphatic heterocycles. The smallest absolute Gasteiger partial charge is 0.223 e. The fraction of sp³-hybridized carbons (Fsp3) is 0.750. The molecule has 0 bridgehead atoms. The second kappa shape index (κ2) is 5.06. The number of nitrogens with zero attached hydrogens (tertiary/aromatic N) is 3. The largest absolute Gasteiger partial charge is 0.375 e. The minimum absolute atomic E-state index is 0.112. The number of primary amides is 1. The van der Waals surface area contributed by atoms with Crippen molar-refractivity contribution in [3.63, 3.8) is 0 Å². The number of aromatic nitrogens is 3. The molecule has 0 aromatic carbocycles.